The fraction of sp³-hybridized carbons (Fsp3) is 0.667. The highest BCUT2D eigenvalue weighted by atomic mass is 16.5. The first-order valence-electron chi connectivity index (χ1n) is 16.3. The third-order valence-corrected chi connectivity index (χ3v) is 9.10. The van der Waals surface area contributed by atoms with Gasteiger partial charge < -0.3 is 19.7 Å². The summed E-state index contributed by atoms with van der Waals surface area (Å²) in [5.41, 5.74) is 3.95. The lowest BCUT2D eigenvalue weighted by Gasteiger charge is -2.36. The van der Waals surface area contributed by atoms with Gasteiger partial charge in [-0.15, -0.1) is 0 Å². The van der Waals surface area contributed by atoms with Crippen LogP contribution in [-0.4, -0.2) is 48.6 Å². The van der Waals surface area contributed by atoms with Crippen molar-refractivity contribution < 1.29 is 29.3 Å². The van der Waals surface area contributed by atoms with E-state index in [-0.39, 0.29) is 24.4 Å². The summed E-state index contributed by atoms with van der Waals surface area (Å²) in [5.74, 6) is -0.106. The predicted octanol–water partition coefficient (Wildman–Crippen LogP) is 7.40. The van der Waals surface area contributed by atoms with Crippen LogP contribution in [0.15, 0.2) is 42.5 Å². The Morgan fingerprint density at radius 3 is 1.95 bits per heavy atom. The monoisotopic (exact) mass is 584 g/mol. The van der Waals surface area contributed by atoms with Crippen LogP contribution in [0.5, 0.6) is 0 Å². The fourth-order valence-corrected chi connectivity index (χ4v) is 6.11. The number of ether oxygens (including phenoxy) is 2. The molecule has 1 saturated carbocycles. The van der Waals surface area contributed by atoms with Gasteiger partial charge in [-0.3, -0.25) is 0 Å². The summed E-state index contributed by atoms with van der Waals surface area (Å²) in [5, 5.41) is 18.6. The molecule has 1 fully saturated rings. The highest BCUT2D eigenvalue weighted by Gasteiger charge is 2.35. The number of aryl methyl sites for hydroxylation is 2. The van der Waals surface area contributed by atoms with E-state index in [4.69, 9.17) is 9.47 Å². The zero-order valence-corrected chi connectivity index (χ0v) is 26.6. The van der Waals surface area contributed by atoms with Gasteiger partial charge >= 0.3 is 11.9 Å². The summed E-state index contributed by atoms with van der Waals surface area (Å²) < 4.78 is 11.2. The van der Waals surface area contributed by atoms with E-state index < -0.39 is 30.6 Å². The number of rotatable bonds is 20. The zero-order valence-electron chi connectivity index (χ0n) is 26.6. The SMILES string of the molecule is C=C(CO)C(=O)OCC(CCCC)(CCC1CCC(c2ccc(CCCCC)c(CC)c2)CC1)COC(=O)C(=C)CO. The number of benzene rings is 1. The van der Waals surface area contributed by atoms with Crippen LogP contribution in [0.3, 0.4) is 0 Å². The third kappa shape index (κ3) is 11.3. The van der Waals surface area contributed by atoms with Crippen molar-refractivity contribution in [1.82, 2.24) is 0 Å². The molecule has 1 aromatic rings. The van der Waals surface area contributed by atoms with Crippen molar-refractivity contribution in [3.8, 4) is 0 Å². The molecule has 1 aliphatic carbocycles. The van der Waals surface area contributed by atoms with Gasteiger partial charge in [0.2, 0.25) is 0 Å². The van der Waals surface area contributed by atoms with Gasteiger partial charge in [0.25, 0.3) is 0 Å². The highest BCUT2D eigenvalue weighted by molar-refractivity contribution is 5.88. The molecular weight excluding hydrogens is 528 g/mol. The maximum atomic E-state index is 12.4. The van der Waals surface area contributed by atoms with Crippen molar-refractivity contribution in [1.29, 1.82) is 0 Å². The van der Waals surface area contributed by atoms with Crippen molar-refractivity contribution in [2.24, 2.45) is 11.3 Å². The molecule has 0 aliphatic heterocycles. The number of hydrogen-bond donors (Lipinski definition) is 2. The molecule has 0 saturated heterocycles. The number of aliphatic hydroxyl groups is 2. The van der Waals surface area contributed by atoms with E-state index in [2.05, 4.69) is 52.1 Å². The van der Waals surface area contributed by atoms with Crippen molar-refractivity contribution in [3.05, 3.63) is 59.2 Å². The number of esters is 2. The van der Waals surface area contributed by atoms with Gasteiger partial charge in [0, 0.05) is 5.41 Å². The molecular formula is C36H56O6. The van der Waals surface area contributed by atoms with Gasteiger partial charge in [-0.1, -0.05) is 77.8 Å². The maximum Gasteiger partial charge on any atom is 0.335 e. The highest BCUT2D eigenvalue weighted by Crippen LogP contribution is 2.41. The van der Waals surface area contributed by atoms with Gasteiger partial charge in [-0.25, -0.2) is 9.59 Å². The molecule has 0 spiro atoms. The second-order valence-corrected chi connectivity index (χ2v) is 12.4. The minimum Gasteiger partial charge on any atom is -0.462 e. The molecule has 1 aliphatic rings. The first-order chi connectivity index (χ1) is 20.2. The van der Waals surface area contributed by atoms with E-state index >= 15 is 0 Å². The third-order valence-electron chi connectivity index (χ3n) is 9.10. The molecule has 6 nitrogen and oxygen atoms in total. The Balaban J connectivity index is 2.07. The van der Waals surface area contributed by atoms with E-state index in [1.807, 2.05) is 0 Å². The molecule has 0 aromatic heterocycles. The molecule has 1 aromatic carbocycles. The van der Waals surface area contributed by atoms with E-state index in [0.29, 0.717) is 11.8 Å². The van der Waals surface area contributed by atoms with Gasteiger partial charge in [0.05, 0.1) is 24.4 Å². The standard InChI is InChI=1S/C36H56O6/c1-6-9-11-12-31-17-18-33(22-30(31)8-3)32-15-13-29(14-16-32)19-21-36(20-10-7-2,25-41-34(39)27(4)23-37)26-42-35(40)28(5)24-38/h17-18,22,29,32,37-38H,4-16,19-21,23-26H2,1-3H3. The lowest BCUT2D eigenvalue weighted by molar-refractivity contribution is -0.151. The van der Waals surface area contributed by atoms with Gasteiger partial charge in [0.15, 0.2) is 0 Å². The fourth-order valence-electron chi connectivity index (χ4n) is 6.11. The molecule has 0 radical (unpaired) electrons. The second kappa shape index (κ2) is 19.0. The molecule has 0 atom stereocenters. The van der Waals surface area contributed by atoms with Crippen LogP contribution in [0.2, 0.25) is 0 Å². The number of carbonyl (C=O) groups excluding carboxylic acids is 2. The zero-order chi connectivity index (χ0) is 31.0. The Morgan fingerprint density at radius 2 is 1.43 bits per heavy atom. The summed E-state index contributed by atoms with van der Waals surface area (Å²) in [6, 6.07) is 7.20. The average Bonchev–Trinajstić information content (AvgIpc) is 3.03. The quantitative estimate of drug-likeness (QED) is 0.0943. The Morgan fingerprint density at radius 1 is 0.833 bits per heavy atom. The largest absolute Gasteiger partial charge is 0.462 e. The number of unbranched alkanes of at least 4 members (excludes halogenated alkanes) is 3. The van der Waals surface area contributed by atoms with E-state index in [0.717, 1.165) is 51.4 Å². The van der Waals surface area contributed by atoms with Crippen molar-refractivity contribution in [2.45, 2.75) is 117 Å². The summed E-state index contributed by atoms with van der Waals surface area (Å²) in [6.07, 6.45) is 15.0. The molecule has 6 heteroatoms. The summed E-state index contributed by atoms with van der Waals surface area (Å²) in [6.45, 7) is 13.0. The molecule has 0 bridgehead atoms. The molecule has 2 rings (SSSR count). The number of hydrogen-bond acceptors (Lipinski definition) is 6. The first kappa shape index (κ1) is 35.8. The van der Waals surface area contributed by atoms with E-state index in [9.17, 15) is 19.8 Å². The first-order valence-corrected chi connectivity index (χ1v) is 16.3. The van der Waals surface area contributed by atoms with Gasteiger partial charge in [-0.05, 0) is 92.7 Å². The van der Waals surface area contributed by atoms with Crippen LogP contribution < -0.4 is 0 Å². The molecule has 0 amide bonds. The van der Waals surface area contributed by atoms with Gasteiger partial charge in [-0.2, -0.15) is 0 Å². The Hall–Kier alpha value is -2.44. The van der Waals surface area contributed by atoms with Crippen LogP contribution in [-0.2, 0) is 31.9 Å². The molecule has 236 valence electrons. The summed E-state index contributed by atoms with van der Waals surface area (Å²) in [7, 11) is 0. The smallest absolute Gasteiger partial charge is 0.335 e. The average molecular weight is 585 g/mol. The normalized spacial score (nSPS) is 17.1. The van der Waals surface area contributed by atoms with Crippen LogP contribution in [0.1, 0.15) is 120 Å². The van der Waals surface area contributed by atoms with E-state index in [1.165, 1.54) is 55.2 Å². The predicted molar refractivity (Wildman–Crippen MR) is 169 cm³/mol. The lowest BCUT2D eigenvalue weighted by atomic mass is 9.72. The molecule has 2 N–H and O–H groups in total. The Bertz CT molecular complexity index is 972. The van der Waals surface area contributed by atoms with Crippen LogP contribution in [0.4, 0.5) is 0 Å². The van der Waals surface area contributed by atoms with Crippen LogP contribution in [0.25, 0.3) is 0 Å². The summed E-state index contributed by atoms with van der Waals surface area (Å²) in [4.78, 5) is 24.7. The molecule has 0 heterocycles. The lowest BCUT2D eigenvalue weighted by Crippen LogP contribution is -2.36. The topological polar surface area (TPSA) is 93.1 Å². The Labute approximate surface area is 254 Å². The molecule has 42 heavy (non-hydrogen) atoms. The number of carbonyl (C=O) groups is 2. The minimum atomic E-state index is -0.632. The second-order valence-electron chi connectivity index (χ2n) is 12.4. The van der Waals surface area contributed by atoms with Crippen LogP contribution >= 0.6 is 0 Å². The van der Waals surface area contributed by atoms with Crippen molar-refractivity contribution in [2.75, 3.05) is 26.4 Å². The van der Waals surface area contributed by atoms with Crippen molar-refractivity contribution >= 4 is 11.9 Å². The van der Waals surface area contributed by atoms with Crippen LogP contribution in [0, 0.1) is 11.3 Å². The molecule has 0 unspecified atom stereocenters. The van der Waals surface area contributed by atoms with Crippen molar-refractivity contribution in [3.63, 3.8) is 0 Å². The minimum absolute atomic E-state index is 0.00332. The summed E-state index contributed by atoms with van der Waals surface area (Å²) >= 11 is 0. The maximum absolute atomic E-state index is 12.4. The van der Waals surface area contributed by atoms with Gasteiger partial charge in [0.1, 0.15) is 13.2 Å². The number of aliphatic hydroxyl groups excluding tert-OH is 2. The van der Waals surface area contributed by atoms with E-state index in [1.54, 1.807) is 0 Å². The Kier molecular flexibility index (Phi) is 16.1.